The summed E-state index contributed by atoms with van der Waals surface area (Å²) in [5.41, 5.74) is 0.538. The van der Waals surface area contributed by atoms with E-state index < -0.39 is 11.7 Å². The Bertz CT molecular complexity index is 513. The molecule has 0 unspecified atom stereocenters. The average molecular weight is 358 g/mol. The Morgan fingerprint density at radius 2 is 1.48 bits per heavy atom. The summed E-state index contributed by atoms with van der Waals surface area (Å²) in [5.74, 6) is 0.833. The summed E-state index contributed by atoms with van der Waals surface area (Å²) in [6, 6.07) is 5.12. The van der Waals surface area contributed by atoms with Gasteiger partial charge in [0.25, 0.3) is 0 Å². The van der Waals surface area contributed by atoms with Crippen LogP contribution in [0.4, 0.5) is 13.2 Å². The van der Waals surface area contributed by atoms with Gasteiger partial charge in [0.1, 0.15) is 0 Å². The fourth-order valence-electron chi connectivity index (χ4n) is 2.77. The Hall–Kier alpha value is -1.07. The summed E-state index contributed by atoms with van der Waals surface area (Å²) in [4.78, 5) is 4.47. The molecule has 1 aromatic rings. The second-order valence-corrected chi connectivity index (χ2v) is 7.80. The first kappa shape index (κ1) is 22.0. The first-order valence-electron chi connectivity index (χ1n) is 9.13. The van der Waals surface area contributed by atoms with E-state index in [0.29, 0.717) is 23.7 Å². The summed E-state index contributed by atoms with van der Waals surface area (Å²) in [6.45, 7) is 16.4. The lowest BCUT2D eigenvalue weighted by Gasteiger charge is -2.37. The Kier molecular flexibility index (Phi) is 8.42. The minimum atomic E-state index is -4.28. The molecule has 0 spiro atoms. The second-order valence-electron chi connectivity index (χ2n) is 7.80. The molecule has 0 N–H and O–H groups in total. The van der Waals surface area contributed by atoms with Crippen LogP contribution in [0.5, 0.6) is 0 Å². The van der Waals surface area contributed by atoms with Crippen molar-refractivity contribution in [2.45, 2.75) is 60.3 Å². The Morgan fingerprint density at radius 1 is 0.960 bits per heavy atom. The molecule has 1 aromatic carbocycles. The van der Waals surface area contributed by atoms with E-state index in [1.807, 2.05) is 0 Å². The molecule has 1 fully saturated rings. The Labute approximate surface area is 151 Å². The number of halogens is 3. The molecule has 0 radical (unpaired) electrons. The molecule has 2 rings (SSSR count). The van der Waals surface area contributed by atoms with Gasteiger partial charge in [-0.05, 0) is 38.3 Å². The van der Waals surface area contributed by atoms with Crippen molar-refractivity contribution in [3.8, 4) is 0 Å². The predicted octanol–water partition coefficient (Wildman–Crippen LogP) is 5.20. The quantitative estimate of drug-likeness (QED) is 0.732. The van der Waals surface area contributed by atoms with Gasteiger partial charge in [0.15, 0.2) is 0 Å². The third-order valence-corrected chi connectivity index (χ3v) is 4.10. The normalized spacial score (nSPS) is 16.9. The molecule has 1 aliphatic rings. The standard InChI is InChI=1S/C16H23F3N2.C4H10/c1-12(2)21-8-6-20(7-9-21)11-14-5-4-13(3)10-15(14)16(17,18)19;1-4(2)3/h4-5,10,12H,6-9,11H2,1-3H3;4H,1-3H3. The maximum absolute atomic E-state index is 13.1. The van der Waals surface area contributed by atoms with Crippen LogP contribution in [-0.2, 0) is 12.7 Å². The lowest BCUT2D eigenvalue weighted by Crippen LogP contribution is -2.48. The molecule has 25 heavy (non-hydrogen) atoms. The van der Waals surface area contributed by atoms with E-state index in [-0.39, 0.29) is 0 Å². The summed E-state index contributed by atoms with van der Waals surface area (Å²) in [6.07, 6.45) is -4.28. The zero-order valence-corrected chi connectivity index (χ0v) is 16.5. The van der Waals surface area contributed by atoms with Crippen molar-refractivity contribution < 1.29 is 13.2 Å². The molecule has 0 aromatic heterocycles. The first-order chi connectivity index (χ1) is 11.5. The van der Waals surface area contributed by atoms with Gasteiger partial charge in [-0.3, -0.25) is 9.80 Å². The zero-order chi connectivity index (χ0) is 19.2. The van der Waals surface area contributed by atoms with Gasteiger partial charge in [-0.15, -0.1) is 0 Å². The number of rotatable bonds is 3. The van der Waals surface area contributed by atoms with E-state index in [1.54, 1.807) is 19.1 Å². The van der Waals surface area contributed by atoms with Crippen LogP contribution in [0, 0.1) is 12.8 Å². The van der Waals surface area contributed by atoms with Gasteiger partial charge in [-0.2, -0.15) is 13.2 Å². The Balaban J connectivity index is 0.000000705. The van der Waals surface area contributed by atoms with Crippen molar-refractivity contribution in [1.82, 2.24) is 9.80 Å². The van der Waals surface area contributed by atoms with E-state index in [4.69, 9.17) is 0 Å². The van der Waals surface area contributed by atoms with Crippen molar-refractivity contribution in [1.29, 1.82) is 0 Å². The molecule has 144 valence electrons. The minimum absolute atomic E-state index is 0.376. The first-order valence-corrected chi connectivity index (χ1v) is 9.13. The number of alkyl halides is 3. The van der Waals surface area contributed by atoms with Crippen LogP contribution in [0.1, 0.15) is 51.3 Å². The monoisotopic (exact) mass is 358 g/mol. The number of hydrogen-bond donors (Lipinski definition) is 0. The van der Waals surface area contributed by atoms with Crippen molar-refractivity contribution >= 4 is 0 Å². The van der Waals surface area contributed by atoms with Gasteiger partial charge in [-0.1, -0.05) is 38.5 Å². The lowest BCUT2D eigenvalue weighted by atomic mass is 10.0. The van der Waals surface area contributed by atoms with Crippen molar-refractivity contribution in [3.05, 3.63) is 34.9 Å². The summed E-state index contributed by atoms with van der Waals surface area (Å²) in [5, 5.41) is 0. The van der Waals surface area contributed by atoms with E-state index in [0.717, 1.165) is 32.1 Å². The largest absolute Gasteiger partial charge is 0.416 e. The highest BCUT2D eigenvalue weighted by Gasteiger charge is 2.34. The number of nitrogens with zero attached hydrogens (tertiary/aromatic N) is 2. The molecule has 2 nitrogen and oxygen atoms in total. The van der Waals surface area contributed by atoms with E-state index in [1.165, 1.54) is 6.07 Å². The van der Waals surface area contributed by atoms with Crippen molar-refractivity contribution in [2.75, 3.05) is 26.2 Å². The lowest BCUT2D eigenvalue weighted by molar-refractivity contribution is -0.138. The molecule has 0 saturated carbocycles. The highest BCUT2D eigenvalue weighted by molar-refractivity contribution is 5.33. The predicted molar refractivity (Wildman–Crippen MR) is 98.7 cm³/mol. The van der Waals surface area contributed by atoms with Crippen LogP contribution in [-0.4, -0.2) is 42.0 Å². The number of aryl methyl sites for hydroxylation is 1. The number of piperazine rings is 1. The van der Waals surface area contributed by atoms with Gasteiger partial charge in [0, 0.05) is 38.8 Å². The Morgan fingerprint density at radius 3 is 1.92 bits per heavy atom. The summed E-state index contributed by atoms with van der Waals surface area (Å²) < 4.78 is 39.4. The molecule has 0 bridgehead atoms. The molecular weight excluding hydrogens is 325 g/mol. The minimum Gasteiger partial charge on any atom is -0.298 e. The van der Waals surface area contributed by atoms with Gasteiger partial charge < -0.3 is 0 Å². The molecule has 0 aliphatic carbocycles. The van der Waals surface area contributed by atoms with Crippen LogP contribution in [0.15, 0.2) is 18.2 Å². The third-order valence-electron chi connectivity index (χ3n) is 4.10. The molecular formula is C20H33F3N2. The SMILES string of the molecule is CC(C)C.Cc1ccc(CN2CCN(C(C)C)CC2)c(C(F)(F)F)c1. The molecule has 5 heteroatoms. The van der Waals surface area contributed by atoms with E-state index in [9.17, 15) is 13.2 Å². The molecule has 0 amide bonds. The average Bonchev–Trinajstić information content (AvgIpc) is 2.48. The molecule has 1 aliphatic heterocycles. The van der Waals surface area contributed by atoms with Gasteiger partial charge in [0.2, 0.25) is 0 Å². The maximum Gasteiger partial charge on any atom is 0.416 e. The maximum atomic E-state index is 13.1. The van der Waals surface area contributed by atoms with Crippen molar-refractivity contribution in [2.24, 2.45) is 5.92 Å². The van der Waals surface area contributed by atoms with Crippen LogP contribution in [0.25, 0.3) is 0 Å². The second kappa shape index (κ2) is 9.58. The topological polar surface area (TPSA) is 6.48 Å². The highest BCUT2D eigenvalue weighted by Crippen LogP contribution is 2.33. The molecule has 1 saturated heterocycles. The van der Waals surface area contributed by atoms with Crippen LogP contribution < -0.4 is 0 Å². The van der Waals surface area contributed by atoms with Crippen molar-refractivity contribution in [3.63, 3.8) is 0 Å². The highest BCUT2D eigenvalue weighted by atomic mass is 19.4. The van der Waals surface area contributed by atoms with Gasteiger partial charge >= 0.3 is 6.18 Å². The van der Waals surface area contributed by atoms with Gasteiger partial charge in [-0.25, -0.2) is 0 Å². The zero-order valence-electron chi connectivity index (χ0n) is 16.5. The fraction of sp³-hybridized carbons (Fsp3) is 0.700. The third kappa shape index (κ3) is 7.78. The smallest absolute Gasteiger partial charge is 0.298 e. The van der Waals surface area contributed by atoms with Gasteiger partial charge in [0.05, 0.1) is 5.56 Å². The van der Waals surface area contributed by atoms with E-state index in [2.05, 4.69) is 44.4 Å². The van der Waals surface area contributed by atoms with E-state index >= 15 is 0 Å². The fourth-order valence-corrected chi connectivity index (χ4v) is 2.77. The molecule has 0 atom stereocenters. The van der Waals surface area contributed by atoms with Crippen LogP contribution in [0.3, 0.4) is 0 Å². The number of benzene rings is 1. The summed E-state index contributed by atoms with van der Waals surface area (Å²) in [7, 11) is 0. The summed E-state index contributed by atoms with van der Waals surface area (Å²) >= 11 is 0. The molecule has 1 heterocycles. The van der Waals surface area contributed by atoms with Crippen LogP contribution in [0.2, 0.25) is 0 Å². The number of hydrogen-bond acceptors (Lipinski definition) is 2. The van der Waals surface area contributed by atoms with Crippen LogP contribution >= 0.6 is 0 Å².